The summed E-state index contributed by atoms with van der Waals surface area (Å²) < 4.78 is 11.7. The zero-order valence-electron chi connectivity index (χ0n) is 16.2. The van der Waals surface area contributed by atoms with E-state index in [9.17, 15) is 4.79 Å². The summed E-state index contributed by atoms with van der Waals surface area (Å²) in [6, 6.07) is 4.11. The van der Waals surface area contributed by atoms with Gasteiger partial charge in [0.15, 0.2) is 6.54 Å². The van der Waals surface area contributed by atoms with Crippen molar-refractivity contribution >= 4 is 5.91 Å². The summed E-state index contributed by atoms with van der Waals surface area (Å²) in [5, 5.41) is 3.09. The lowest BCUT2D eigenvalue weighted by Crippen LogP contribution is -3.13. The van der Waals surface area contributed by atoms with Gasteiger partial charge in [-0.05, 0) is 51.7 Å². The maximum absolute atomic E-state index is 12.4. The summed E-state index contributed by atoms with van der Waals surface area (Å²) in [5.74, 6) is 1.92. The summed E-state index contributed by atoms with van der Waals surface area (Å²) in [5.41, 5.74) is 2.19. The molecule has 2 aliphatic heterocycles. The zero-order valence-corrected chi connectivity index (χ0v) is 16.2. The number of carbonyl (C=O) groups excluding carboxylic acids is 1. The molecule has 2 aliphatic rings. The molecule has 5 heteroatoms. The van der Waals surface area contributed by atoms with Gasteiger partial charge in [0.25, 0.3) is 5.91 Å². The first-order valence-corrected chi connectivity index (χ1v) is 10.2. The van der Waals surface area contributed by atoms with Gasteiger partial charge in [-0.2, -0.15) is 0 Å². The van der Waals surface area contributed by atoms with Crippen molar-refractivity contribution in [3.63, 3.8) is 0 Å². The topological polar surface area (TPSA) is 52.0 Å². The Labute approximate surface area is 157 Å². The Kier molecular flexibility index (Phi) is 6.78. The molecular weight excluding hydrogens is 328 g/mol. The van der Waals surface area contributed by atoms with Crippen molar-refractivity contribution in [3.8, 4) is 11.5 Å². The van der Waals surface area contributed by atoms with Crippen LogP contribution in [0.2, 0.25) is 0 Å². The number of nitrogens with one attached hydrogen (secondary N) is 2. The molecule has 144 valence electrons. The molecule has 0 unspecified atom stereocenters. The Morgan fingerprint density at radius 3 is 2.69 bits per heavy atom. The third kappa shape index (κ3) is 5.13. The molecule has 0 bridgehead atoms. The van der Waals surface area contributed by atoms with Crippen molar-refractivity contribution in [2.45, 2.75) is 65.0 Å². The maximum atomic E-state index is 12.4. The lowest BCUT2D eigenvalue weighted by atomic mass is 10.1. The normalized spacial score (nSPS) is 20.6. The van der Waals surface area contributed by atoms with Crippen molar-refractivity contribution in [1.82, 2.24) is 5.32 Å². The first-order valence-electron chi connectivity index (χ1n) is 10.2. The van der Waals surface area contributed by atoms with Crippen LogP contribution in [0.15, 0.2) is 12.1 Å². The molecule has 1 amide bonds. The first kappa shape index (κ1) is 19.0. The molecule has 0 aliphatic carbocycles. The summed E-state index contributed by atoms with van der Waals surface area (Å²) >= 11 is 0. The fraction of sp³-hybridized carbons (Fsp3) is 0.667. The van der Waals surface area contributed by atoms with Crippen molar-refractivity contribution in [2.24, 2.45) is 0 Å². The van der Waals surface area contributed by atoms with Crippen LogP contribution in [-0.2, 0) is 17.8 Å². The molecule has 2 N–H and O–H groups in total. The summed E-state index contributed by atoms with van der Waals surface area (Å²) in [7, 11) is 0. The third-order valence-corrected chi connectivity index (χ3v) is 5.33. The van der Waals surface area contributed by atoms with Crippen LogP contribution >= 0.6 is 0 Å². The molecule has 1 aromatic rings. The highest BCUT2D eigenvalue weighted by molar-refractivity contribution is 5.76. The highest BCUT2D eigenvalue weighted by Gasteiger charge is 2.22. The van der Waals surface area contributed by atoms with Crippen molar-refractivity contribution in [1.29, 1.82) is 0 Å². The van der Waals surface area contributed by atoms with E-state index in [-0.39, 0.29) is 12.0 Å². The van der Waals surface area contributed by atoms with Crippen molar-refractivity contribution in [3.05, 3.63) is 23.3 Å². The van der Waals surface area contributed by atoms with Gasteiger partial charge in [0.1, 0.15) is 17.6 Å². The van der Waals surface area contributed by atoms with E-state index in [4.69, 9.17) is 9.47 Å². The number of quaternary nitrogens is 1. The molecule has 1 fully saturated rings. The average Bonchev–Trinajstić information content (AvgIpc) is 2.94. The molecular formula is C21H33N2O3+. The van der Waals surface area contributed by atoms with E-state index in [1.807, 2.05) is 13.0 Å². The highest BCUT2D eigenvalue weighted by Crippen LogP contribution is 2.35. The van der Waals surface area contributed by atoms with E-state index in [1.54, 1.807) is 0 Å². The number of hydrogen-bond acceptors (Lipinski definition) is 3. The van der Waals surface area contributed by atoms with Gasteiger partial charge in [-0.1, -0.05) is 6.42 Å². The molecule has 3 rings (SSSR count). The van der Waals surface area contributed by atoms with E-state index < -0.39 is 0 Å². The van der Waals surface area contributed by atoms with Gasteiger partial charge in [-0.25, -0.2) is 0 Å². The molecule has 0 spiro atoms. The van der Waals surface area contributed by atoms with E-state index in [2.05, 4.69) is 18.3 Å². The Morgan fingerprint density at radius 1 is 1.23 bits per heavy atom. The van der Waals surface area contributed by atoms with Crippen LogP contribution in [0.3, 0.4) is 0 Å². The molecule has 0 saturated carbocycles. The number of hydrogen-bond donors (Lipinski definition) is 2. The van der Waals surface area contributed by atoms with Gasteiger partial charge in [-0.3, -0.25) is 4.79 Å². The van der Waals surface area contributed by atoms with Gasteiger partial charge < -0.3 is 19.7 Å². The summed E-state index contributed by atoms with van der Waals surface area (Å²) in [4.78, 5) is 13.8. The van der Waals surface area contributed by atoms with Gasteiger partial charge in [0.05, 0.1) is 19.7 Å². The number of amides is 1. The molecule has 5 nitrogen and oxygen atoms in total. The van der Waals surface area contributed by atoms with Gasteiger partial charge in [0, 0.05) is 24.1 Å². The summed E-state index contributed by atoms with van der Waals surface area (Å²) in [6.45, 7) is 7.97. The van der Waals surface area contributed by atoms with Gasteiger partial charge in [-0.15, -0.1) is 0 Å². The molecule has 26 heavy (non-hydrogen) atoms. The fourth-order valence-electron chi connectivity index (χ4n) is 3.97. The number of rotatable bonds is 6. The Balaban J connectivity index is 1.57. The van der Waals surface area contributed by atoms with Gasteiger partial charge in [0.2, 0.25) is 0 Å². The predicted octanol–water partition coefficient (Wildman–Crippen LogP) is 1.87. The monoisotopic (exact) mass is 361 g/mol. The minimum atomic E-state index is 0.123. The lowest BCUT2D eigenvalue weighted by Gasteiger charge is -2.21. The molecule has 1 aromatic carbocycles. The molecule has 0 radical (unpaired) electrons. The SMILES string of the molecule is CCOc1cc2c(cc1CNC(=O)C[NH+]1CCCCCCC1)O[C@H](C)C2. The van der Waals surface area contributed by atoms with E-state index in [0.29, 0.717) is 19.7 Å². The average molecular weight is 362 g/mol. The van der Waals surface area contributed by atoms with Crippen LogP contribution < -0.4 is 19.7 Å². The number of fused-ring (bicyclic) bond motifs is 1. The summed E-state index contributed by atoms with van der Waals surface area (Å²) in [6.07, 6.45) is 7.54. The van der Waals surface area contributed by atoms with Crippen LogP contribution in [0.25, 0.3) is 0 Å². The minimum Gasteiger partial charge on any atom is -0.494 e. The molecule has 0 aromatic heterocycles. The smallest absolute Gasteiger partial charge is 0.275 e. The van der Waals surface area contributed by atoms with Crippen molar-refractivity contribution < 1.29 is 19.2 Å². The van der Waals surface area contributed by atoms with E-state index in [1.165, 1.54) is 42.6 Å². The second-order valence-corrected chi connectivity index (χ2v) is 7.60. The maximum Gasteiger partial charge on any atom is 0.275 e. The molecule has 2 heterocycles. The van der Waals surface area contributed by atoms with Gasteiger partial charge >= 0.3 is 0 Å². The second-order valence-electron chi connectivity index (χ2n) is 7.60. The largest absolute Gasteiger partial charge is 0.494 e. The number of carbonyl (C=O) groups is 1. The van der Waals surface area contributed by atoms with Crippen LogP contribution in [0.5, 0.6) is 11.5 Å². The number of likely N-dealkylation sites (tertiary alicyclic amines) is 1. The predicted molar refractivity (Wildman–Crippen MR) is 102 cm³/mol. The zero-order chi connectivity index (χ0) is 18.4. The number of ether oxygens (including phenoxy) is 2. The van der Waals surface area contributed by atoms with Crippen LogP contribution in [0, 0.1) is 0 Å². The fourth-order valence-corrected chi connectivity index (χ4v) is 3.97. The first-order chi connectivity index (χ1) is 12.7. The van der Waals surface area contributed by atoms with Crippen LogP contribution in [-0.4, -0.2) is 38.3 Å². The molecule has 1 atom stereocenters. The Morgan fingerprint density at radius 2 is 1.96 bits per heavy atom. The van der Waals surface area contributed by atoms with Crippen LogP contribution in [0.4, 0.5) is 0 Å². The lowest BCUT2D eigenvalue weighted by molar-refractivity contribution is -0.893. The van der Waals surface area contributed by atoms with Crippen molar-refractivity contribution in [2.75, 3.05) is 26.2 Å². The van der Waals surface area contributed by atoms with E-state index in [0.717, 1.165) is 36.6 Å². The highest BCUT2D eigenvalue weighted by atomic mass is 16.5. The quantitative estimate of drug-likeness (QED) is 0.813. The van der Waals surface area contributed by atoms with Crippen LogP contribution in [0.1, 0.15) is 57.1 Å². The Hall–Kier alpha value is -1.75. The van der Waals surface area contributed by atoms with E-state index >= 15 is 0 Å². The number of benzene rings is 1. The second kappa shape index (κ2) is 9.26. The Bertz CT molecular complexity index is 610. The minimum absolute atomic E-state index is 0.123. The molecule has 1 saturated heterocycles. The standard InChI is InChI=1S/C21H32N2O3/c1-3-25-19-12-17-11-16(2)26-20(17)13-18(19)14-22-21(24)15-23-9-7-5-4-6-8-10-23/h12-13,16H,3-11,14-15H2,1-2H3,(H,22,24)/p+1/t16-/m1/s1. The third-order valence-electron chi connectivity index (χ3n) is 5.33.